The molecule has 9 aromatic carbocycles. The summed E-state index contributed by atoms with van der Waals surface area (Å²) in [5.41, 5.74) is 5.89. The summed E-state index contributed by atoms with van der Waals surface area (Å²) >= 11 is 1.77. The molecule has 0 fully saturated rings. The summed E-state index contributed by atoms with van der Waals surface area (Å²) in [6, 6.07) is 48.6. The highest BCUT2D eigenvalue weighted by molar-refractivity contribution is 7.26. The van der Waals surface area contributed by atoms with Crippen molar-refractivity contribution in [1.82, 2.24) is 19.5 Å². The fourth-order valence-electron chi connectivity index (χ4n) is 8.34. The number of nitrogens with zero attached hydrogens (tertiary/aromatic N) is 4. The van der Waals surface area contributed by atoms with E-state index in [-0.39, 0.29) is 27.6 Å². The lowest BCUT2D eigenvalue weighted by molar-refractivity contribution is 1.06. The molecule has 0 saturated heterocycles. The van der Waals surface area contributed by atoms with Crippen molar-refractivity contribution in [3.05, 3.63) is 206 Å². The predicted molar refractivity (Wildman–Crippen MR) is 252 cm³/mol. The van der Waals surface area contributed by atoms with Crippen molar-refractivity contribution in [2.24, 2.45) is 0 Å². The van der Waals surface area contributed by atoms with E-state index < -0.39 is 48.3 Å². The van der Waals surface area contributed by atoms with Gasteiger partial charge in [0, 0.05) is 47.6 Å². The molecular formula is C55H34N4S. The number of para-hydroxylation sites is 2. The Balaban J connectivity index is 1.13. The highest BCUT2D eigenvalue weighted by Gasteiger charge is 2.21. The third kappa shape index (κ3) is 5.63. The van der Waals surface area contributed by atoms with Crippen LogP contribution >= 0.6 is 11.3 Å². The second-order valence-electron chi connectivity index (χ2n) is 14.6. The van der Waals surface area contributed by atoms with Gasteiger partial charge in [-0.05, 0) is 69.4 Å². The highest BCUT2D eigenvalue weighted by Crippen LogP contribution is 2.44. The summed E-state index contributed by atoms with van der Waals surface area (Å²) < 4.78 is 75.7. The zero-order valence-corrected chi connectivity index (χ0v) is 32.5. The number of thiophene rings is 1. The lowest BCUT2D eigenvalue weighted by Gasteiger charge is -2.16. The van der Waals surface area contributed by atoms with Crippen LogP contribution in [0.25, 0.3) is 115 Å². The van der Waals surface area contributed by atoms with E-state index in [0.717, 1.165) is 33.4 Å². The molecule has 0 N–H and O–H groups in total. The summed E-state index contributed by atoms with van der Waals surface area (Å²) in [5, 5.41) is 4.79. The predicted octanol–water partition coefficient (Wildman–Crippen LogP) is 14.8. The number of hydrogen-bond acceptors (Lipinski definition) is 4. The van der Waals surface area contributed by atoms with Gasteiger partial charge in [-0.15, -0.1) is 11.3 Å². The van der Waals surface area contributed by atoms with Crippen LogP contribution in [0.3, 0.4) is 0 Å². The van der Waals surface area contributed by atoms with Crippen molar-refractivity contribution in [1.29, 1.82) is 0 Å². The molecule has 12 aromatic rings. The molecule has 0 bridgehead atoms. The van der Waals surface area contributed by atoms with Gasteiger partial charge in [-0.25, -0.2) is 15.0 Å². The lowest BCUT2D eigenvalue weighted by atomic mass is 9.99. The number of aromatic nitrogens is 4. The Morgan fingerprint density at radius 2 is 1.03 bits per heavy atom. The molecule has 5 heteroatoms. The Hall–Kier alpha value is -7.73. The molecule has 0 amide bonds. The molecule has 280 valence electrons. The van der Waals surface area contributed by atoms with Gasteiger partial charge in [0.25, 0.3) is 0 Å². The first-order valence-corrected chi connectivity index (χ1v) is 20.4. The smallest absolute Gasteiger partial charge is 0.166 e. The van der Waals surface area contributed by atoms with Crippen molar-refractivity contribution in [2.45, 2.75) is 0 Å². The molecule has 0 aliphatic carbocycles. The van der Waals surface area contributed by atoms with Crippen LogP contribution in [-0.2, 0) is 0 Å². The van der Waals surface area contributed by atoms with Crippen LogP contribution in [0.15, 0.2) is 206 Å². The summed E-state index contributed by atoms with van der Waals surface area (Å²) in [5.74, 6) is 1.01. The van der Waals surface area contributed by atoms with Gasteiger partial charge >= 0.3 is 0 Å². The first-order chi connectivity index (χ1) is 33.1. The topological polar surface area (TPSA) is 43.6 Å². The fourth-order valence-corrected chi connectivity index (χ4v) is 9.59. The minimum atomic E-state index is -0.513. The molecule has 12 rings (SSSR count). The van der Waals surface area contributed by atoms with E-state index in [1.54, 1.807) is 11.3 Å². The van der Waals surface area contributed by atoms with Crippen molar-refractivity contribution in [2.75, 3.05) is 0 Å². The van der Waals surface area contributed by atoms with Gasteiger partial charge in [-0.3, -0.25) is 0 Å². The zero-order valence-electron chi connectivity index (χ0n) is 39.7. The van der Waals surface area contributed by atoms with E-state index in [2.05, 4.69) is 66.7 Å². The largest absolute Gasteiger partial charge is 0.308 e. The number of rotatable bonds is 6. The standard InChI is InChI=1S/C55H34N4S/c1-3-15-35(16-4-1)38-29-31-45(49(34-38)59-47-27-11-9-23-43(47)44-24-10-12-28-48(44)59)55-57-53(37-18-5-2-6-19-37)56-54(58-55)40-21-13-20-39(33-40)42-25-14-26-46-51-41-22-8-7-17-36(41)30-32-50(51)60-52(42)46/h1-34H/i9D,10D,11D,12D,23D,24D,27D,28D. The minimum Gasteiger partial charge on any atom is -0.308 e. The molecule has 3 heterocycles. The maximum absolute atomic E-state index is 9.32. The van der Waals surface area contributed by atoms with Crippen molar-refractivity contribution in [3.63, 3.8) is 0 Å². The van der Waals surface area contributed by atoms with Crippen molar-refractivity contribution in [3.8, 4) is 62.1 Å². The summed E-state index contributed by atoms with van der Waals surface area (Å²) in [4.78, 5) is 15.4. The number of benzene rings is 9. The Morgan fingerprint density at radius 3 is 1.82 bits per heavy atom. The normalized spacial score (nSPS) is 13.5. The van der Waals surface area contributed by atoms with E-state index >= 15 is 0 Å². The molecule has 0 aliphatic rings. The van der Waals surface area contributed by atoms with Gasteiger partial charge in [0.1, 0.15) is 0 Å². The minimum absolute atomic E-state index is 0.00173. The maximum atomic E-state index is 9.32. The van der Waals surface area contributed by atoms with Crippen LogP contribution < -0.4 is 0 Å². The van der Waals surface area contributed by atoms with Crippen LogP contribution in [0, 0.1) is 0 Å². The van der Waals surface area contributed by atoms with Gasteiger partial charge in [0.05, 0.1) is 27.7 Å². The van der Waals surface area contributed by atoms with Crippen LogP contribution in [0.2, 0.25) is 0 Å². The first-order valence-electron chi connectivity index (χ1n) is 23.5. The number of hydrogen-bond donors (Lipinski definition) is 0. The van der Waals surface area contributed by atoms with Gasteiger partial charge in [0.15, 0.2) is 17.5 Å². The maximum Gasteiger partial charge on any atom is 0.166 e. The number of fused-ring (bicyclic) bond motifs is 8. The second kappa shape index (κ2) is 14.0. The van der Waals surface area contributed by atoms with E-state index in [4.69, 9.17) is 23.2 Å². The molecule has 0 aliphatic heterocycles. The van der Waals surface area contributed by atoms with Crippen molar-refractivity contribution >= 4 is 64.1 Å². The molecule has 0 radical (unpaired) electrons. The molecule has 0 unspecified atom stereocenters. The lowest BCUT2D eigenvalue weighted by Crippen LogP contribution is -2.04. The third-order valence-corrected chi connectivity index (χ3v) is 12.3. The summed E-state index contributed by atoms with van der Waals surface area (Å²) in [6.07, 6.45) is 0. The molecule has 3 aromatic heterocycles. The van der Waals surface area contributed by atoms with E-state index in [9.17, 15) is 2.74 Å². The Bertz CT molecular complexity index is 4000. The monoisotopic (exact) mass is 790 g/mol. The second-order valence-corrected chi connectivity index (χ2v) is 15.6. The molecule has 0 saturated carbocycles. The molecule has 4 nitrogen and oxygen atoms in total. The van der Waals surface area contributed by atoms with Gasteiger partial charge in [-0.1, -0.05) is 170 Å². The fraction of sp³-hybridized carbons (Fsp3) is 0. The third-order valence-electron chi connectivity index (χ3n) is 11.1. The Morgan fingerprint density at radius 1 is 0.417 bits per heavy atom. The van der Waals surface area contributed by atoms with Crippen LogP contribution in [0.4, 0.5) is 0 Å². The Kier molecular flexibility index (Phi) is 6.30. The molecule has 0 spiro atoms. The summed E-state index contributed by atoms with van der Waals surface area (Å²) in [6.45, 7) is 0. The Labute approximate surface area is 361 Å². The molecule has 60 heavy (non-hydrogen) atoms. The average molecular weight is 791 g/mol. The van der Waals surface area contributed by atoms with Crippen molar-refractivity contribution < 1.29 is 11.0 Å². The molecular weight excluding hydrogens is 749 g/mol. The SMILES string of the molecule is [2H]c1c([2H])c([2H])c2c(c1[2H])c1c([2H])c([2H])c([2H])c([2H])c1n2-c1cc(-c2ccccc2)ccc1-c1nc(-c2ccccc2)nc(-c2cccc(-c3cccc4c3sc3ccc5ccccc5c34)c2)n1. The van der Waals surface area contributed by atoms with E-state index in [1.807, 2.05) is 91.0 Å². The van der Waals surface area contributed by atoms with Gasteiger partial charge in [0.2, 0.25) is 0 Å². The molecule has 0 atom stereocenters. The quantitative estimate of drug-likeness (QED) is 0.168. The van der Waals surface area contributed by atoms with E-state index in [0.29, 0.717) is 22.9 Å². The van der Waals surface area contributed by atoms with Crippen LogP contribution in [0.1, 0.15) is 11.0 Å². The summed E-state index contributed by atoms with van der Waals surface area (Å²) in [7, 11) is 0. The van der Waals surface area contributed by atoms with Crippen LogP contribution in [-0.4, -0.2) is 19.5 Å². The highest BCUT2D eigenvalue weighted by atomic mass is 32.1. The van der Waals surface area contributed by atoms with Gasteiger partial charge < -0.3 is 4.57 Å². The van der Waals surface area contributed by atoms with Gasteiger partial charge in [-0.2, -0.15) is 0 Å². The zero-order chi connectivity index (χ0) is 46.5. The van der Waals surface area contributed by atoms with Crippen LogP contribution in [0.5, 0.6) is 0 Å². The first kappa shape index (κ1) is 27.0. The van der Waals surface area contributed by atoms with E-state index in [1.165, 1.54) is 35.5 Å². The average Bonchev–Trinajstić information content (AvgIpc) is 3.96.